The van der Waals surface area contributed by atoms with E-state index >= 15 is 0 Å². The first-order chi connectivity index (χ1) is 10.9. The minimum Gasteiger partial charge on any atom is -0.393 e. The lowest BCUT2D eigenvalue weighted by Crippen LogP contribution is -2.30. The van der Waals surface area contributed by atoms with E-state index in [1.165, 1.54) is 0 Å². The molecule has 23 heavy (non-hydrogen) atoms. The summed E-state index contributed by atoms with van der Waals surface area (Å²) < 4.78 is 0. The summed E-state index contributed by atoms with van der Waals surface area (Å²) in [6, 6.07) is 8.84. The number of rotatable bonds is 5. The van der Waals surface area contributed by atoms with E-state index in [4.69, 9.17) is 11.6 Å². The van der Waals surface area contributed by atoms with Crippen LogP contribution in [-0.4, -0.2) is 45.6 Å². The highest BCUT2D eigenvalue weighted by molar-refractivity contribution is 6.30. The number of hydrogen-bond acceptors (Lipinski definition) is 4. The van der Waals surface area contributed by atoms with Crippen LogP contribution in [0.2, 0.25) is 5.02 Å². The Morgan fingerprint density at radius 3 is 2.57 bits per heavy atom. The van der Waals surface area contributed by atoms with Gasteiger partial charge in [0.2, 0.25) is 0 Å². The zero-order chi connectivity index (χ0) is 17.0. The van der Waals surface area contributed by atoms with Gasteiger partial charge in [-0.25, -0.2) is 9.97 Å². The van der Waals surface area contributed by atoms with Crippen molar-refractivity contribution in [3.8, 4) is 11.4 Å². The van der Waals surface area contributed by atoms with Gasteiger partial charge in [0.25, 0.3) is 5.91 Å². The van der Waals surface area contributed by atoms with E-state index in [0.29, 0.717) is 29.5 Å². The summed E-state index contributed by atoms with van der Waals surface area (Å²) in [5.41, 5.74) is 1.87. The van der Waals surface area contributed by atoms with E-state index in [0.717, 1.165) is 11.3 Å². The fourth-order valence-electron chi connectivity index (χ4n) is 2.08. The number of carbonyl (C=O) groups excluding carboxylic acids is 1. The lowest BCUT2D eigenvalue weighted by molar-refractivity contribution is 0.0763. The Balaban J connectivity index is 2.26. The van der Waals surface area contributed by atoms with Crippen LogP contribution in [0, 0.1) is 6.92 Å². The molecule has 0 saturated heterocycles. The molecule has 1 unspecified atom stereocenters. The first-order valence-electron chi connectivity index (χ1n) is 7.42. The van der Waals surface area contributed by atoms with Crippen molar-refractivity contribution in [1.29, 1.82) is 0 Å². The maximum absolute atomic E-state index is 12.5. The van der Waals surface area contributed by atoms with Crippen molar-refractivity contribution in [1.82, 2.24) is 14.9 Å². The Labute approximate surface area is 141 Å². The Morgan fingerprint density at radius 1 is 1.30 bits per heavy atom. The summed E-state index contributed by atoms with van der Waals surface area (Å²) in [5, 5.41) is 9.97. The molecule has 0 saturated carbocycles. The molecule has 1 N–H and O–H groups in total. The standard InChI is InChI=1S/C17H20ClN3O2/c1-11-10-15(17(23)21(3)9-8-12(2)22)20-16(19-11)13-4-6-14(18)7-5-13/h4-7,10,12,22H,8-9H2,1-3H3. The van der Waals surface area contributed by atoms with E-state index in [2.05, 4.69) is 9.97 Å². The van der Waals surface area contributed by atoms with Crippen LogP contribution in [0.25, 0.3) is 11.4 Å². The summed E-state index contributed by atoms with van der Waals surface area (Å²) in [7, 11) is 1.70. The Hall–Kier alpha value is -1.98. The van der Waals surface area contributed by atoms with E-state index < -0.39 is 6.10 Å². The number of benzene rings is 1. The van der Waals surface area contributed by atoms with Gasteiger partial charge in [0.15, 0.2) is 5.82 Å². The van der Waals surface area contributed by atoms with Gasteiger partial charge in [-0.15, -0.1) is 0 Å². The number of carbonyl (C=O) groups is 1. The highest BCUT2D eigenvalue weighted by atomic mass is 35.5. The summed E-state index contributed by atoms with van der Waals surface area (Å²) >= 11 is 5.89. The lowest BCUT2D eigenvalue weighted by Gasteiger charge is -2.18. The minimum atomic E-state index is -0.443. The van der Waals surface area contributed by atoms with Gasteiger partial charge in [-0.05, 0) is 50.6 Å². The van der Waals surface area contributed by atoms with Gasteiger partial charge in [0, 0.05) is 29.9 Å². The van der Waals surface area contributed by atoms with Crippen molar-refractivity contribution in [2.75, 3.05) is 13.6 Å². The predicted molar refractivity (Wildman–Crippen MR) is 90.5 cm³/mol. The molecule has 0 fully saturated rings. The van der Waals surface area contributed by atoms with Crippen LogP contribution < -0.4 is 0 Å². The van der Waals surface area contributed by atoms with Crippen molar-refractivity contribution in [3.63, 3.8) is 0 Å². The van der Waals surface area contributed by atoms with E-state index in [1.54, 1.807) is 37.1 Å². The van der Waals surface area contributed by atoms with Gasteiger partial charge >= 0.3 is 0 Å². The number of aliphatic hydroxyl groups is 1. The van der Waals surface area contributed by atoms with Crippen LogP contribution in [-0.2, 0) is 0 Å². The molecule has 0 aliphatic rings. The topological polar surface area (TPSA) is 66.3 Å². The third kappa shape index (κ3) is 4.74. The smallest absolute Gasteiger partial charge is 0.272 e. The average molecular weight is 334 g/mol. The first kappa shape index (κ1) is 17.4. The van der Waals surface area contributed by atoms with Crippen molar-refractivity contribution in [2.24, 2.45) is 0 Å². The Kier molecular flexibility index (Phi) is 5.69. The number of aromatic nitrogens is 2. The zero-order valence-electron chi connectivity index (χ0n) is 13.5. The fraction of sp³-hybridized carbons (Fsp3) is 0.353. The van der Waals surface area contributed by atoms with Crippen LogP contribution in [0.15, 0.2) is 30.3 Å². The molecule has 1 aromatic carbocycles. The van der Waals surface area contributed by atoms with Gasteiger partial charge < -0.3 is 10.0 Å². The summed E-state index contributed by atoms with van der Waals surface area (Å²) in [6.45, 7) is 4.00. The molecule has 6 heteroatoms. The van der Waals surface area contributed by atoms with Crippen LogP contribution >= 0.6 is 11.6 Å². The molecule has 1 aromatic heterocycles. The average Bonchev–Trinajstić information content (AvgIpc) is 2.51. The molecule has 0 aliphatic heterocycles. The molecule has 0 bridgehead atoms. The predicted octanol–water partition coefficient (Wildman–Crippen LogP) is 2.95. The third-order valence-corrected chi connectivity index (χ3v) is 3.66. The third-order valence-electron chi connectivity index (χ3n) is 3.40. The molecule has 1 heterocycles. The van der Waals surface area contributed by atoms with Gasteiger partial charge in [-0.2, -0.15) is 0 Å². The summed E-state index contributed by atoms with van der Waals surface area (Å²) in [4.78, 5) is 22.8. The van der Waals surface area contributed by atoms with Gasteiger partial charge in [0.05, 0.1) is 6.10 Å². The highest BCUT2D eigenvalue weighted by Crippen LogP contribution is 2.19. The van der Waals surface area contributed by atoms with Crippen molar-refractivity contribution in [3.05, 3.63) is 46.7 Å². The highest BCUT2D eigenvalue weighted by Gasteiger charge is 2.16. The molecule has 122 valence electrons. The molecule has 5 nitrogen and oxygen atoms in total. The molecule has 0 radical (unpaired) electrons. The second kappa shape index (κ2) is 7.53. The molecular formula is C17H20ClN3O2. The number of halogens is 1. The van der Waals surface area contributed by atoms with Gasteiger partial charge in [-0.1, -0.05) is 11.6 Å². The number of nitrogens with zero attached hydrogens (tertiary/aromatic N) is 3. The van der Waals surface area contributed by atoms with Crippen molar-refractivity contribution < 1.29 is 9.90 Å². The van der Waals surface area contributed by atoms with E-state index in [1.807, 2.05) is 19.1 Å². The molecule has 1 amide bonds. The normalized spacial score (nSPS) is 12.0. The minimum absolute atomic E-state index is 0.189. The van der Waals surface area contributed by atoms with Gasteiger partial charge in [0.1, 0.15) is 5.69 Å². The largest absolute Gasteiger partial charge is 0.393 e. The monoisotopic (exact) mass is 333 g/mol. The number of amides is 1. The van der Waals surface area contributed by atoms with E-state index in [9.17, 15) is 9.90 Å². The lowest BCUT2D eigenvalue weighted by atomic mass is 10.2. The molecule has 1 atom stereocenters. The van der Waals surface area contributed by atoms with Crippen LogP contribution in [0.1, 0.15) is 29.5 Å². The molecule has 2 aromatic rings. The van der Waals surface area contributed by atoms with Crippen LogP contribution in [0.5, 0.6) is 0 Å². The second-order valence-corrected chi connectivity index (χ2v) is 6.03. The SMILES string of the molecule is Cc1cc(C(=O)N(C)CCC(C)O)nc(-c2ccc(Cl)cc2)n1. The molecule has 0 spiro atoms. The number of aryl methyl sites for hydroxylation is 1. The maximum atomic E-state index is 12.5. The number of aliphatic hydroxyl groups excluding tert-OH is 1. The van der Waals surface area contributed by atoms with Crippen molar-refractivity contribution >= 4 is 17.5 Å². The quantitative estimate of drug-likeness (QED) is 0.913. The maximum Gasteiger partial charge on any atom is 0.272 e. The summed E-state index contributed by atoms with van der Waals surface area (Å²) in [6.07, 6.45) is 0.0816. The second-order valence-electron chi connectivity index (χ2n) is 5.59. The number of hydrogen-bond donors (Lipinski definition) is 1. The molecular weight excluding hydrogens is 314 g/mol. The van der Waals surface area contributed by atoms with Crippen LogP contribution in [0.4, 0.5) is 0 Å². The molecule has 0 aliphatic carbocycles. The Bertz CT molecular complexity index is 687. The summed E-state index contributed by atoms with van der Waals surface area (Å²) in [5.74, 6) is 0.306. The zero-order valence-corrected chi connectivity index (χ0v) is 14.2. The van der Waals surface area contributed by atoms with Gasteiger partial charge in [-0.3, -0.25) is 4.79 Å². The fourth-order valence-corrected chi connectivity index (χ4v) is 2.21. The Morgan fingerprint density at radius 2 is 1.96 bits per heavy atom. The van der Waals surface area contributed by atoms with Crippen molar-refractivity contribution in [2.45, 2.75) is 26.4 Å². The first-order valence-corrected chi connectivity index (χ1v) is 7.80. The van der Waals surface area contributed by atoms with E-state index in [-0.39, 0.29) is 5.91 Å². The van der Waals surface area contributed by atoms with Crippen LogP contribution in [0.3, 0.4) is 0 Å². The molecule has 2 rings (SSSR count).